The molecule has 0 aromatic carbocycles. The van der Waals surface area contributed by atoms with Gasteiger partial charge < -0.3 is 15.0 Å². The summed E-state index contributed by atoms with van der Waals surface area (Å²) in [5.74, 6) is -1.08. The topological polar surface area (TPSA) is 37.4 Å². The van der Waals surface area contributed by atoms with Crippen molar-refractivity contribution in [2.75, 3.05) is 37.7 Å². The van der Waals surface area contributed by atoms with E-state index in [4.69, 9.17) is 4.74 Å². The van der Waals surface area contributed by atoms with Crippen molar-refractivity contribution in [3.63, 3.8) is 0 Å². The molecular formula is C13H19F2N3O. The molecule has 1 aliphatic heterocycles. The summed E-state index contributed by atoms with van der Waals surface area (Å²) in [5.41, 5.74) is 0. The molecule has 2 rings (SSSR count). The Kier molecular flexibility index (Phi) is 5.04. The number of rotatable bonds is 5. The van der Waals surface area contributed by atoms with Gasteiger partial charge in [-0.15, -0.1) is 0 Å². The van der Waals surface area contributed by atoms with Gasteiger partial charge in [0.2, 0.25) is 0 Å². The van der Waals surface area contributed by atoms with E-state index in [1.54, 1.807) is 0 Å². The van der Waals surface area contributed by atoms with E-state index in [0.717, 1.165) is 25.2 Å². The van der Waals surface area contributed by atoms with Crippen LogP contribution in [0.3, 0.4) is 0 Å². The van der Waals surface area contributed by atoms with Crippen LogP contribution in [0, 0.1) is 11.6 Å². The molecule has 6 heteroatoms. The molecule has 1 unspecified atom stereocenters. The first-order valence-electron chi connectivity index (χ1n) is 6.58. The molecule has 19 heavy (non-hydrogen) atoms. The lowest BCUT2D eigenvalue weighted by Gasteiger charge is -2.36. The zero-order valence-electron chi connectivity index (χ0n) is 11.0. The maximum absolute atomic E-state index is 13.8. The fourth-order valence-electron chi connectivity index (χ4n) is 2.17. The molecule has 0 radical (unpaired) electrons. The summed E-state index contributed by atoms with van der Waals surface area (Å²) in [7, 11) is 0. The number of hydrogen-bond acceptors (Lipinski definition) is 4. The summed E-state index contributed by atoms with van der Waals surface area (Å²) < 4.78 is 32.1. The number of anilines is 1. The first-order valence-corrected chi connectivity index (χ1v) is 6.58. The number of nitrogens with one attached hydrogen (secondary N) is 1. The van der Waals surface area contributed by atoms with Crippen LogP contribution in [0.4, 0.5) is 14.6 Å². The molecule has 1 aliphatic rings. The van der Waals surface area contributed by atoms with Crippen LogP contribution in [0.2, 0.25) is 0 Å². The Bertz CT molecular complexity index is 417. The second-order valence-corrected chi connectivity index (χ2v) is 4.59. The molecule has 106 valence electrons. The molecule has 1 aromatic heterocycles. The fourth-order valence-corrected chi connectivity index (χ4v) is 2.17. The van der Waals surface area contributed by atoms with Crippen molar-refractivity contribution in [2.45, 2.75) is 19.4 Å². The number of halogens is 2. The summed E-state index contributed by atoms with van der Waals surface area (Å²) in [6, 6.07) is 0.890. The SMILES string of the molecule is CCCNCC1COCCN1c1ncc(F)cc1F. The van der Waals surface area contributed by atoms with Gasteiger partial charge in [0.1, 0.15) is 5.82 Å². The zero-order valence-corrected chi connectivity index (χ0v) is 11.0. The molecule has 2 heterocycles. The lowest BCUT2D eigenvalue weighted by Crippen LogP contribution is -2.51. The van der Waals surface area contributed by atoms with Gasteiger partial charge in [-0.05, 0) is 13.0 Å². The van der Waals surface area contributed by atoms with E-state index >= 15 is 0 Å². The highest BCUT2D eigenvalue weighted by atomic mass is 19.1. The monoisotopic (exact) mass is 271 g/mol. The molecule has 0 amide bonds. The number of aromatic nitrogens is 1. The summed E-state index contributed by atoms with van der Waals surface area (Å²) in [6.07, 6.45) is 2.08. The van der Waals surface area contributed by atoms with E-state index in [2.05, 4.69) is 17.2 Å². The fraction of sp³-hybridized carbons (Fsp3) is 0.615. The highest BCUT2D eigenvalue weighted by Gasteiger charge is 2.26. The number of nitrogens with zero attached hydrogens (tertiary/aromatic N) is 2. The average Bonchev–Trinajstić information content (AvgIpc) is 2.40. The van der Waals surface area contributed by atoms with Gasteiger partial charge in [0, 0.05) is 19.2 Å². The molecule has 1 N–H and O–H groups in total. The van der Waals surface area contributed by atoms with Crippen LogP contribution in [0.1, 0.15) is 13.3 Å². The van der Waals surface area contributed by atoms with Crippen LogP contribution >= 0.6 is 0 Å². The van der Waals surface area contributed by atoms with Crippen LogP contribution < -0.4 is 10.2 Å². The second kappa shape index (κ2) is 6.77. The lowest BCUT2D eigenvalue weighted by molar-refractivity contribution is 0.0929. The molecule has 1 aromatic rings. The minimum atomic E-state index is -0.657. The van der Waals surface area contributed by atoms with Gasteiger partial charge in [-0.1, -0.05) is 6.92 Å². The third-order valence-electron chi connectivity index (χ3n) is 3.09. The van der Waals surface area contributed by atoms with Gasteiger partial charge in [0.05, 0.1) is 25.5 Å². The van der Waals surface area contributed by atoms with Crippen molar-refractivity contribution in [1.82, 2.24) is 10.3 Å². The molecule has 0 saturated carbocycles. The smallest absolute Gasteiger partial charge is 0.168 e. The molecule has 0 bridgehead atoms. The van der Waals surface area contributed by atoms with Gasteiger partial charge in [-0.25, -0.2) is 13.8 Å². The Labute approximate surface area is 111 Å². The first kappa shape index (κ1) is 14.1. The van der Waals surface area contributed by atoms with Crippen molar-refractivity contribution in [3.05, 3.63) is 23.9 Å². The normalized spacial score (nSPS) is 19.7. The van der Waals surface area contributed by atoms with Crippen LogP contribution in [-0.2, 0) is 4.74 Å². The summed E-state index contributed by atoms with van der Waals surface area (Å²) >= 11 is 0. The van der Waals surface area contributed by atoms with Gasteiger partial charge in [-0.3, -0.25) is 0 Å². The number of morpholine rings is 1. The average molecular weight is 271 g/mol. The van der Waals surface area contributed by atoms with Crippen molar-refractivity contribution >= 4 is 5.82 Å². The van der Waals surface area contributed by atoms with Gasteiger partial charge >= 0.3 is 0 Å². The molecule has 1 saturated heterocycles. The van der Waals surface area contributed by atoms with E-state index in [9.17, 15) is 8.78 Å². The van der Waals surface area contributed by atoms with Gasteiger partial charge in [0.25, 0.3) is 0 Å². The predicted octanol–water partition coefficient (Wildman–Crippen LogP) is 1.56. The molecule has 0 spiro atoms. The van der Waals surface area contributed by atoms with Gasteiger partial charge in [0.15, 0.2) is 11.6 Å². The van der Waals surface area contributed by atoms with Crippen molar-refractivity contribution < 1.29 is 13.5 Å². The van der Waals surface area contributed by atoms with Crippen LogP contribution in [-0.4, -0.2) is 43.9 Å². The van der Waals surface area contributed by atoms with Crippen molar-refractivity contribution in [3.8, 4) is 0 Å². The number of ether oxygens (including phenoxy) is 1. The van der Waals surface area contributed by atoms with Crippen molar-refractivity contribution in [1.29, 1.82) is 0 Å². The predicted molar refractivity (Wildman–Crippen MR) is 69.3 cm³/mol. The standard InChI is InChI=1S/C13H19F2N3O/c1-2-3-16-8-11-9-19-5-4-18(11)13-12(15)6-10(14)7-17-13/h6-7,11,16H,2-5,8-9H2,1H3. The number of pyridine rings is 1. The van der Waals surface area contributed by atoms with E-state index in [1.807, 2.05) is 4.90 Å². The third-order valence-corrected chi connectivity index (χ3v) is 3.09. The van der Waals surface area contributed by atoms with Crippen LogP contribution in [0.15, 0.2) is 12.3 Å². The summed E-state index contributed by atoms with van der Waals surface area (Å²) in [4.78, 5) is 5.72. The molecular weight excluding hydrogens is 252 g/mol. The Balaban J connectivity index is 2.09. The van der Waals surface area contributed by atoms with Gasteiger partial charge in [-0.2, -0.15) is 0 Å². The molecule has 1 fully saturated rings. The minimum Gasteiger partial charge on any atom is -0.377 e. The molecule has 0 aliphatic carbocycles. The maximum atomic E-state index is 13.8. The molecule has 1 atom stereocenters. The number of hydrogen-bond donors (Lipinski definition) is 1. The van der Waals surface area contributed by atoms with E-state index in [0.29, 0.717) is 26.3 Å². The zero-order chi connectivity index (χ0) is 13.7. The quantitative estimate of drug-likeness (QED) is 0.825. The Morgan fingerprint density at radius 3 is 3.11 bits per heavy atom. The first-order chi connectivity index (χ1) is 9.22. The lowest BCUT2D eigenvalue weighted by atomic mass is 10.2. The minimum absolute atomic E-state index is 0.0211. The summed E-state index contributed by atoms with van der Waals surface area (Å²) in [6.45, 7) is 5.31. The molecule has 4 nitrogen and oxygen atoms in total. The Morgan fingerprint density at radius 1 is 1.53 bits per heavy atom. The third kappa shape index (κ3) is 3.61. The van der Waals surface area contributed by atoms with Crippen LogP contribution in [0.5, 0.6) is 0 Å². The van der Waals surface area contributed by atoms with Crippen LogP contribution in [0.25, 0.3) is 0 Å². The van der Waals surface area contributed by atoms with E-state index in [-0.39, 0.29) is 11.9 Å². The van der Waals surface area contributed by atoms with E-state index in [1.165, 1.54) is 0 Å². The second-order valence-electron chi connectivity index (χ2n) is 4.59. The Morgan fingerprint density at radius 2 is 2.37 bits per heavy atom. The highest BCUT2D eigenvalue weighted by molar-refractivity contribution is 5.41. The highest BCUT2D eigenvalue weighted by Crippen LogP contribution is 2.21. The summed E-state index contributed by atoms with van der Waals surface area (Å²) in [5, 5.41) is 3.29. The van der Waals surface area contributed by atoms with E-state index < -0.39 is 11.6 Å². The Hall–Kier alpha value is -1.27. The van der Waals surface area contributed by atoms with Crippen molar-refractivity contribution in [2.24, 2.45) is 0 Å². The maximum Gasteiger partial charge on any atom is 0.168 e. The largest absolute Gasteiger partial charge is 0.377 e.